The summed E-state index contributed by atoms with van der Waals surface area (Å²) in [5.74, 6) is 1.94. The Kier molecular flexibility index (Phi) is 19.6. The first-order valence-corrected chi connectivity index (χ1v) is 47.8. The Morgan fingerprint density at radius 3 is 0.812 bits per heavy atom. The summed E-state index contributed by atoms with van der Waals surface area (Å²) in [5, 5.41) is 15.6. The number of hydrogen-bond donors (Lipinski definition) is 0. The van der Waals surface area contributed by atoms with Crippen LogP contribution in [-0.2, 0) is 0 Å². The molecule has 30 aromatic rings. The highest BCUT2D eigenvalue weighted by atomic mass is 16.3. The van der Waals surface area contributed by atoms with E-state index in [1.807, 2.05) is 237 Å². The molecule has 0 unspecified atom stereocenters. The Hall–Kier alpha value is -19.8. The van der Waals surface area contributed by atoms with Crippen molar-refractivity contribution < 1.29 is 26.5 Å². The Morgan fingerprint density at radius 2 is 0.382 bits per heavy atom. The molecule has 15 heteroatoms. The number of hydrogen-bond acceptors (Lipinski definition) is 15. The number of benzene rings is 18. The third-order valence-corrected chi connectivity index (χ3v) is 27.3. The topological polar surface area (TPSA) is 195 Å². The molecule has 30 rings (SSSR count). The fourth-order valence-corrected chi connectivity index (χ4v) is 20.5. The number of furan rings is 6. The van der Waals surface area contributed by atoms with Gasteiger partial charge in [0.2, 0.25) is 0 Å². The van der Waals surface area contributed by atoms with E-state index in [0.29, 0.717) is 17.5 Å². The van der Waals surface area contributed by atoms with Crippen molar-refractivity contribution in [3.63, 3.8) is 0 Å². The van der Waals surface area contributed by atoms with Gasteiger partial charge in [0.15, 0.2) is 34.2 Å². The summed E-state index contributed by atoms with van der Waals surface area (Å²) in [6.07, 6.45) is 0. The predicted octanol–water partition coefficient (Wildman–Crippen LogP) is 34.5. The molecule has 0 amide bonds. The second kappa shape index (κ2) is 34.1. The van der Waals surface area contributed by atoms with Gasteiger partial charge in [0.1, 0.15) is 66.8 Å². The van der Waals surface area contributed by atoms with Crippen LogP contribution < -0.4 is 0 Å². The largest absolute Gasteiger partial charge is 0.456 e. The number of rotatable bonds is 12. The summed E-state index contributed by atoms with van der Waals surface area (Å²) < 4.78 is 37.8. The van der Waals surface area contributed by atoms with Crippen molar-refractivity contribution in [1.82, 2.24) is 44.9 Å². The van der Waals surface area contributed by atoms with Crippen molar-refractivity contribution in [1.29, 1.82) is 0 Å². The highest BCUT2D eigenvalue weighted by Crippen LogP contribution is 2.47. The molecule has 0 bridgehead atoms. The first-order valence-electron chi connectivity index (χ1n) is 47.8. The molecule has 144 heavy (non-hydrogen) atoms. The van der Waals surface area contributed by atoms with Crippen LogP contribution in [0.25, 0.3) is 300 Å². The molecular formula is C129H75N9O6. The average Bonchev–Trinajstić information content (AvgIpc) is 1.58. The van der Waals surface area contributed by atoms with E-state index in [-0.39, 0.29) is 0 Å². The van der Waals surface area contributed by atoms with Crippen molar-refractivity contribution in [2.24, 2.45) is 0 Å². The highest BCUT2D eigenvalue weighted by Gasteiger charge is 2.26. The molecule has 0 fully saturated rings. The van der Waals surface area contributed by atoms with Gasteiger partial charge in [0.25, 0.3) is 0 Å². The Balaban J connectivity index is 0.000000105. The molecule has 12 heterocycles. The molecule has 0 radical (unpaired) electrons. The van der Waals surface area contributed by atoms with Gasteiger partial charge in [0.05, 0.1) is 51.2 Å². The van der Waals surface area contributed by atoms with Crippen LogP contribution in [0.5, 0.6) is 0 Å². The maximum absolute atomic E-state index is 6.43. The zero-order chi connectivity index (χ0) is 94.8. The first-order chi connectivity index (χ1) is 71.3. The molecule has 0 spiro atoms. The summed E-state index contributed by atoms with van der Waals surface area (Å²) >= 11 is 0. The molecule has 0 aliphatic rings. The number of fused-ring (bicyclic) bond motifs is 24. The van der Waals surface area contributed by atoms with Crippen LogP contribution in [0.1, 0.15) is 0 Å². The molecule has 0 saturated carbocycles. The third kappa shape index (κ3) is 14.2. The molecule has 0 saturated heterocycles. The van der Waals surface area contributed by atoms with E-state index in [2.05, 4.69) is 218 Å². The van der Waals surface area contributed by atoms with Crippen LogP contribution in [-0.4, -0.2) is 44.9 Å². The van der Waals surface area contributed by atoms with Crippen LogP contribution in [0.3, 0.4) is 0 Å². The molecule has 0 N–H and O–H groups in total. The van der Waals surface area contributed by atoms with E-state index in [0.717, 1.165) is 282 Å². The maximum Gasteiger partial charge on any atom is 0.161 e. The number of pyridine rings is 3. The Labute approximate surface area is 820 Å². The molecule has 0 aliphatic heterocycles. The summed E-state index contributed by atoms with van der Waals surface area (Å²) in [4.78, 5) is 46.4. The van der Waals surface area contributed by atoms with Crippen LogP contribution >= 0.6 is 0 Å². The van der Waals surface area contributed by atoms with Crippen molar-refractivity contribution in [3.05, 3.63) is 455 Å². The van der Waals surface area contributed by atoms with Gasteiger partial charge in [-0.15, -0.1) is 0 Å². The zero-order valence-corrected chi connectivity index (χ0v) is 76.8. The Bertz CT molecular complexity index is 9990. The lowest BCUT2D eigenvalue weighted by atomic mass is 9.99. The fraction of sp³-hybridized carbons (Fsp3) is 0. The zero-order valence-electron chi connectivity index (χ0n) is 76.8. The quantitative estimate of drug-likeness (QED) is 0.112. The van der Waals surface area contributed by atoms with Crippen molar-refractivity contribution in [3.8, 4) is 135 Å². The molecule has 0 aliphatic carbocycles. The summed E-state index contributed by atoms with van der Waals surface area (Å²) in [7, 11) is 0. The summed E-state index contributed by atoms with van der Waals surface area (Å²) in [6.45, 7) is 0. The van der Waals surface area contributed by atoms with E-state index in [9.17, 15) is 0 Å². The van der Waals surface area contributed by atoms with Crippen LogP contribution in [0, 0.1) is 0 Å². The standard InChI is InChI=1S/3C43H25N3O2/c1-2-12-26(13-3-1)35-25-36(33-21-11-20-31-29-16-6-8-22-37(29)47-41(31)33)45-43(44-35)28-15-10-14-27(24-28)39-30-17-4-5-18-32(30)42-40(46-39)34-19-7-9-23-38(34)48-42;1-2-11-28(12-3-1)43-44-34(25-35(45-43)31-17-10-20-38-39(31)32-15-6-8-18-36(32)47-38)26-21-23-27(24-22-26)40-29-13-4-5-14-30(29)42-41(46-40)33-16-7-9-19-37(33)48-42;1-2-11-26(12-3-1)34-25-35(31-17-10-20-38-39(31)32-15-6-8-18-36(32)47-38)45-43(44-34)28-23-21-27(22-24-28)40-29-13-4-5-14-30(29)42-41(46-40)33-16-7-9-19-37(33)48-42/h3*1-25H. The number of nitrogens with zero attached hydrogens (tertiary/aromatic N) is 9. The molecule has 18 aromatic carbocycles. The van der Waals surface area contributed by atoms with Crippen molar-refractivity contribution in [2.45, 2.75) is 0 Å². The first kappa shape index (κ1) is 82.5. The number of aromatic nitrogens is 9. The monoisotopic (exact) mass is 1850 g/mol. The van der Waals surface area contributed by atoms with E-state index >= 15 is 0 Å². The van der Waals surface area contributed by atoms with Gasteiger partial charge >= 0.3 is 0 Å². The third-order valence-electron chi connectivity index (χ3n) is 27.3. The average molecular weight is 1850 g/mol. The van der Waals surface area contributed by atoms with Crippen molar-refractivity contribution in [2.75, 3.05) is 0 Å². The van der Waals surface area contributed by atoms with Crippen LogP contribution in [0.4, 0.5) is 0 Å². The van der Waals surface area contributed by atoms with Gasteiger partial charge in [-0.2, -0.15) is 0 Å². The second-order valence-electron chi connectivity index (χ2n) is 35.9. The smallest absolute Gasteiger partial charge is 0.161 e. The fourth-order valence-electron chi connectivity index (χ4n) is 20.5. The number of para-hydroxylation sites is 7. The van der Waals surface area contributed by atoms with E-state index in [1.54, 1.807) is 0 Å². The normalized spacial score (nSPS) is 11.8. The Morgan fingerprint density at radius 1 is 0.132 bits per heavy atom. The predicted molar refractivity (Wildman–Crippen MR) is 581 cm³/mol. The minimum Gasteiger partial charge on any atom is -0.456 e. The van der Waals surface area contributed by atoms with Gasteiger partial charge in [-0.1, -0.05) is 358 Å². The van der Waals surface area contributed by atoms with E-state index < -0.39 is 0 Å². The van der Waals surface area contributed by atoms with Crippen LogP contribution in [0.15, 0.2) is 481 Å². The molecule has 672 valence electrons. The van der Waals surface area contributed by atoms with Crippen molar-refractivity contribution >= 4 is 164 Å². The minimum atomic E-state index is 0.625. The lowest BCUT2D eigenvalue weighted by Crippen LogP contribution is -1.96. The molecule has 0 atom stereocenters. The van der Waals surface area contributed by atoms with Crippen LogP contribution in [0.2, 0.25) is 0 Å². The SMILES string of the molecule is c1ccc(-c2cc(-c3cccc4c3oc3ccccc34)nc(-c3cccc(-c4nc5c6ccccc6oc5c5ccccc45)c3)n2)cc1.c1ccc(-c2cc(-c3cccc4oc5ccccc5c34)nc(-c3ccc(-c4nc5c6ccccc6oc5c5ccccc45)cc3)n2)cc1.c1ccc(-c2nc(-c3ccc(-c4nc5c6ccccc6oc5c5ccccc45)cc3)cc(-c3cccc4oc5ccccc5c34)n2)cc1. The minimum absolute atomic E-state index is 0.625. The van der Waals surface area contributed by atoms with Gasteiger partial charge in [-0.3, -0.25) is 0 Å². The van der Waals surface area contributed by atoms with Gasteiger partial charge < -0.3 is 26.5 Å². The lowest BCUT2D eigenvalue weighted by Gasteiger charge is -2.11. The maximum atomic E-state index is 6.43. The van der Waals surface area contributed by atoms with Gasteiger partial charge in [0, 0.05) is 148 Å². The van der Waals surface area contributed by atoms with E-state index in [1.165, 1.54) is 0 Å². The second-order valence-corrected chi connectivity index (χ2v) is 35.9. The highest BCUT2D eigenvalue weighted by molar-refractivity contribution is 6.21. The van der Waals surface area contributed by atoms with Gasteiger partial charge in [-0.05, 0) is 97.1 Å². The summed E-state index contributed by atoms with van der Waals surface area (Å²) in [6, 6.07) is 154. The molecule has 15 nitrogen and oxygen atoms in total. The lowest BCUT2D eigenvalue weighted by molar-refractivity contribution is 0.668. The van der Waals surface area contributed by atoms with Gasteiger partial charge in [-0.25, -0.2) is 44.9 Å². The summed E-state index contributed by atoms with van der Waals surface area (Å²) in [5.41, 5.74) is 32.0. The molecular weight excluding hydrogens is 1770 g/mol. The van der Waals surface area contributed by atoms with E-state index in [4.69, 9.17) is 71.4 Å². The molecule has 12 aromatic heterocycles.